The van der Waals surface area contributed by atoms with Gasteiger partial charge in [0.05, 0.1) is 0 Å². The van der Waals surface area contributed by atoms with Crippen LogP contribution in [0.3, 0.4) is 0 Å². The van der Waals surface area contributed by atoms with Crippen molar-refractivity contribution in [1.29, 1.82) is 0 Å². The van der Waals surface area contributed by atoms with E-state index in [9.17, 15) is 0 Å². The Balaban J connectivity index is 0.00000283. The molecule has 0 saturated heterocycles. The summed E-state index contributed by atoms with van der Waals surface area (Å²) >= 11 is -2.94. The van der Waals surface area contributed by atoms with Crippen LogP contribution in [0.15, 0.2) is 124 Å². The van der Waals surface area contributed by atoms with Gasteiger partial charge in [0.25, 0.3) is 0 Å². The topological polar surface area (TPSA) is 0 Å². The third kappa shape index (κ3) is 8.32. The summed E-state index contributed by atoms with van der Waals surface area (Å²) in [5.74, 6) is 0.442. The van der Waals surface area contributed by atoms with E-state index in [1.807, 2.05) is 0 Å². The Hall–Kier alpha value is -3.09. The Labute approximate surface area is 370 Å². The molecule has 3 aliphatic rings. The van der Waals surface area contributed by atoms with E-state index >= 15 is 0 Å². The maximum atomic E-state index is 2.78. The van der Waals surface area contributed by atoms with E-state index in [4.69, 9.17) is 0 Å². The van der Waals surface area contributed by atoms with Gasteiger partial charge in [-0.1, -0.05) is 0 Å². The molecule has 5 aromatic carbocycles. The van der Waals surface area contributed by atoms with E-state index in [1.54, 1.807) is 20.9 Å². The predicted octanol–water partition coefficient (Wildman–Crippen LogP) is 8.42. The minimum absolute atomic E-state index is 0. The molecule has 0 N–H and O–H groups in total. The molecule has 0 nitrogen and oxygen atoms in total. The summed E-state index contributed by atoms with van der Waals surface area (Å²) in [5, 5.41) is 0. The van der Waals surface area contributed by atoms with Gasteiger partial charge in [-0.2, -0.15) is 0 Å². The number of benzene rings is 5. The van der Waals surface area contributed by atoms with Crippen LogP contribution in [-0.2, 0) is 38.5 Å². The number of rotatable bonds is 6. The van der Waals surface area contributed by atoms with E-state index in [-0.39, 0.29) is 41.1 Å². The van der Waals surface area contributed by atoms with Crippen LogP contribution in [0.25, 0.3) is 33.4 Å². The average molecular weight is 885 g/mol. The van der Waals surface area contributed by atoms with Crippen LogP contribution in [0.2, 0.25) is 0 Å². The molecule has 0 spiro atoms. The molecule has 0 heterocycles. The van der Waals surface area contributed by atoms with Gasteiger partial charge in [-0.05, 0) is 0 Å². The van der Waals surface area contributed by atoms with Crippen LogP contribution in [0, 0.1) is 18.3 Å². The second kappa shape index (κ2) is 17.1. The predicted molar refractivity (Wildman–Crippen MR) is 240 cm³/mol. The van der Waals surface area contributed by atoms with Crippen LogP contribution in [0.5, 0.6) is 0 Å². The molecular formula is C55H62Cl2Zr. The first-order chi connectivity index (χ1) is 26.6. The minimum atomic E-state index is -2.94. The molecule has 3 heteroatoms. The Morgan fingerprint density at radius 2 is 1.24 bits per heavy atom. The van der Waals surface area contributed by atoms with Crippen LogP contribution in [-0.4, -0.2) is 3.21 Å². The average Bonchev–Trinajstić information content (AvgIpc) is 3.75. The van der Waals surface area contributed by atoms with Crippen molar-refractivity contribution in [3.8, 4) is 33.4 Å². The SMILES string of the molecule is C/[C](c1ccc(C)cc1)=[Zr+2](\[C]1=CC(C2(C)CCCCC2)=CC1C)[c]1c2c(cc(C(C)(C)C)c1-c1ccccc1)-c1cc(C(C)(C)C)c(-c3ccccc3)cc1C2.[Cl-].[Cl-]. The summed E-state index contributed by atoms with van der Waals surface area (Å²) < 4.78 is 5.13. The van der Waals surface area contributed by atoms with Gasteiger partial charge < -0.3 is 24.8 Å². The second-order valence-corrected chi connectivity index (χ2v) is 26.0. The van der Waals surface area contributed by atoms with Crippen molar-refractivity contribution >= 4 is 6.48 Å². The van der Waals surface area contributed by atoms with Crippen molar-refractivity contribution in [1.82, 2.24) is 0 Å². The Morgan fingerprint density at radius 1 is 0.672 bits per heavy atom. The number of fused-ring (bicyclic) bond motifs is 3. The zero-order valence-electron chi connectivity index (χ0n) is 36.5. The van der Waals surface area contributed by atoms with E-state index in [0.29, 0.717) is 5.92 Å². The van der Waals surface area contributed by atoms with E-state index < -0.39 is 21.3 Å². The molecule has 1 fully saturated rings. The first kappa shape index (κ1) is 44.5. The number of allylic oxidation sites excluding steroid dienone is 4. The molecule has 1 unspecified atom stereocenters. The van der Waals surface area contributed by atoms with Gasteiger partial charge in [-0.15, -0.1) is 0 Å². The van der Waals surface area contributed by atoms with Gasteiger partial charge in [0.15, 0.2) is 0 Å². The van der Waals surface area contributed by atoms with Gasteiger partial charge in [0, 0.05) is 0 Å². The van der Waals surface area contributed by atoms with Crippen molar-refractivity contribution < 1.29 is 46.1 Å². The van der Waals surface area contributed by atoms with Crippen molar-refractivity contribution in [3.05, 3.63) is 158 Å². The van der Waals surface area contributed by atoms with Crippen molar-refractivity contribution in [3.63, 3.8) is 0 Å². The van der Waals surface area contributed by atoms with E-state index in [0.717, 1.165) is 6.42 Å². The Kier molecular flexibility index (Phi) is 13.1. The third-order valence-electron chi connectivity index (χ3n) is 13.4. The Bertz CT molecular complexity index is 2390. The molecule has 0 bridgehead atoms. The van der Waals surface area contributed by atoms with Crippen molar-refractivity contribution in [2.75, 3.05) is 0 Å². The monoisotopic (exact) mass is 882 g/mol. The van der Waals surface area contributed by atoms with Crippen LogP contribution in [0.4, 0.5) is 0 Å². The number of halogens is 2. The maximum Gasteiger partial charge on any atom is -1.00 e. The molecule has 0 radical (unpaired) electrons. The fraction of sp³-hybridized carbons (Fsp3) is 0.364. The zero-order valence-corrected chi connectivity index (χ0v) is 40.5. The first-order valence-electron chi connectivity index (χ1n) is 21.4. The minimum Gasteiger partial charge on any atom is -1.00 e. The first-order valence-corrected chi connectivity index (χ1v) is 25.0. The molecule has 1 atom stereocenters. The van der Waals surface area contributed by atoms with Gasteiger partial charge >= 0.3 is 349 Å². The number of aryl methyl sites for hydroxylation is 1. The van der Waals surface area contributed by atoms with Crippen molar-refractivity contribution in [2.24, 2.45) is 11.3 Å². The van der Waals surface area contributed by atoms with Gasteiger partial charge in [-0.25, -0.2) is 0 Å². The normalized spacial score (nSPS) is 17.3. The number of hydrogen-bond donors (Lipinski definition) is 0. The smallest absolute Gasteiger partial charge is 1.00 e. The summed E-state index contributed by atoms with van der Waals surface area (Å²) in [7, 11) is 0. The van der Waals surface area contributed by atoms with Gasteiger partial charge in [0.2, 0.25) is 0 Å². The Morgan fingerprint density at radius 3 is 1.83 bits per heavy atom. The number of hydrogen-bond acceptors (Lipinski definition) is 0. The zero-order chi connectivity index (χ0) is 39.6. The molecule has 1 saturated carbocycles. The molecule has 0 aliphatic heterocycles. The second-order valence-electron chi connectivity index (χ2n) is 19.7. The summed E-state index contributed by atoms with van der Waals surface area (Å²) in [6, 6.07) is 40.0. The summed E-state index contributed by atoms with van der Waals surface area (Å²) in [5.41, 5.74) is 19.2. The molecule has 58 heavy (non-hydrogen) atoms. The van der Waals surface area contributed by atoms with Crippen molar-refractivity contribution in [2.45, 2.75) is 119 Å². The largest absolute Gasteiger partial charge is 1.00 e. The molecule has 0 aromatic heterocycles. The molecule has 300 valence electrons. The molecule has 8 rings (SSSR count). The van der Waals surface area contributed by atoms with Crippen LogP contribution in [0.1, 0.15) is 128 Å². The van der Waals surface area contributed by atoms with Gasteiger partial charge in [0.1, 0.15) is 0 Å². The fourth-order valence-corrected chi connectivity index (χ4v) is 18.6. The molecule has 3 aliphatic carbocycles. The molecule has 0 amide bonds. The standard InChI is InChI=1S/C33H33.C13H19.C9H10.2ClH.Zr/c1-32(2,3)30-20-26-24(18-28(30)22-13-9-7-10-14-22)17-25-19-29(23-15-11-8-12-16-23)31(21-27(25)26)33(4,5)6;1-11-6-7-12(10-11)13(2)8-4-3-5-9-13;1-3-9-6-4-8(2)5-7-9;;;/h7-16,18,20-21H,17H2,1-6H3;7,10-11H,3-5,8-9H2,1-2H3;4-7H,1-2H3;2*1H;/q;;;;;+2/p-2. The fourth-order valence-electron chi connectivity index (χ4n) is 10.1. The third-order valence-corrected chi connectivity index (χ3v) is 21.4. The maximum absolute atomic E-state index is 2.94. The quantitative estimate of drug-likeness (QED) is 0.158. The van der Waals surface area contributed by atoms with Gasteiger partial charge in [-0.3, -0.25) is 0 Å². The summed E-state index contributed by atoms with van der Waals surface area (Å²) in [4.78, 5) is 0. The summed E-state index contributed by atoms with van der Waals surface area (Å²) in [6.07, 6.45) is 13.2. The van der Waals surface area contributed by atoms with Crippen LogP contribution >= 0.6 is 0 Å². The summed E-state index contributed by atoms with van der Waals surface area (Å²) in [6.45, 7) is 24.4. The molecule has 5 aromatic rings. The van der Waals surface area contributed by atoms with E-state index in [2.05, 4.69) is 185 Å². The van der Waals surface area contributed by atoms with Crippen LogP contribution < -0.4 is 28.1 Å². The van der Waals surface area contributed by atoms with E-state index in [1.165, 1.54) is 93.3 Å². The molecular weight excluding hydrogens is 823 g/mol.